The summed E-state index contributed by atoms with van der Waals surface area (Å²) >= 11 is 0. The third-order valence-corrected chi connectivity index (χ3v) is 4.20. The van der Waals surface area contributed by atoms with Crippen LogP contribution in [0.4, 0.5) is 17.2 Å². The van der Waals surface area contributed by atoms with E-state index in [-0.39, 0.29) is 30.4 Å². The smallest absolute Gasteiger partial charge is 0.273 e. The molecule has 3 rings (SSSR count). The Morgan fingerprint density at radius 2 is 2.03 bits per heavy atom. The van der Waals surface area contributed by atoms with Crippen molar-refractivity contribution in [3.05, 3.63) is 36.3 Å². The molecule has 0 saturated heterocycles. The Labute approximate surface area is 178 Å². The van der Waals surface area contributed by atoms with Crippen molar-refractivity contribution in [3.8, 4) is 17.1 Å². The number of nitrogens with one attached hydrogen (secondary N) is 3. The predicted octanol–water partition coefficient (Wildman–Crippen LogP) is 0.671. The Balaban J connectivity index is 2.02. The number of carbonyl (C=O) groups excluding carboxylic acids is 2. The molecule has 3 aromatic rings. The number of carbonyl (C=O) groups is 2. The van der Waals surface area contributed by atoms with Crippen LogP contribution in [0.2, 0.25) is 0 Å². The fourth-order valence-electron chi connectivity index (χ4n) is 2.81. The van der Waals surface area contributed by atoms with E-state index in [0.29, 0.717) is 28.5 Å². The molecular formula is C19H23N9O3. The van der Waals surface area contributed by atoms with Gasteiger partial charge in [-0.05, 0) is 12.1 Å². The number of aromatic nitrogens is 5. The molecule has 31 heavy (non-hydrogen) atoms. The van der Waals surface area contributed by atoms with Crippen molar-refractivity contribution in [3.63, 3.8) is 0 Å². The Morgan fingerprint density at radius 3 is 2.68 bits per heavy atom. The molecule has 2 aromatic heterocycles. The summed E-state index contributed by atoms with van der Waals surface area (Å²) in [5, 5.41) is 20.4. The third-order valence-electron chi connectivity index (χ3n) is 4.20. The molecule has 1 aromatic carbocycles. The van der Waals surface area contributed by atoms with E-state index in [1.807, 2.05) is 6.07 Å². The van der Waals surface area contributed by atoms with E-state index in [4.69, 9.17) is 10.5 Å². The monoisotopic (exact) mass is 425 g/mol. The van der Waals surface area contributed by atoms with Crippen LogP contribution in [0.3, 0.4) is 0 Å². The van der Waals surface area contributed by atoms with Crippen LogP contribution in [0, 0.1) is 0 Å². The summed E-state index contributed by atoms with van der Waals surface area (Å²) in [4.78, 5) is 28.4. The summed E-state index contributed by atoms with van der Waals surface area (Å²) in [6, 6.07) is 6.90. The Kier molecular flexibility index (Phi) is 6.72. The topological polar surface area (TPSA) is 162 Å². The van der Waals surface area contributed by atoms with E-state index < -0.39 is 5.91 Å². The maximum absolute atomic E-state index is 12.3. The molecule has 12 heteroatoms. The third kappa shape index (κ3) is 4.93. The number of benzene rings is 1. The first kappa shape index (κ1) is 21.6. The van der Waals surface area contributed by atoms with E-state index in [0.717, 1.165) is 0 Å². The lowest BCUT2D eigenvalue weighted by Gasteiger charge is -2.16. The molecule has 0 aliphatic rings. The highest BCUT2D eigenvalue weighted by Gasteiger charge is 2.19. The van der Waals surface area contributed by atoms with Gasteiger partial charge >= 0.3 is 0 Å². The van der Waals surface area contributed by atoms with E-state index in [2.05, 4.69) is 36.2 Å². The SMILES string of the molecule is CNC(=O)c1nnc(NC(=O)CCN)cc1Nc1cccc(-c2ncn(C)n2)c1OC. The maximum Gasteiger partial charge on any atom is 0.273 e. The van der Waals surface area contributed by atoms with Crippen LogP contribution in [0.15, 0.2) is 30.6 Å². The number of hydrogen-bond donors (Lipinski definition) is 4. The summed E-state index contributed by atoms with van der Waals surface area (Å²) in [5.41, 5.74) is 6.98. The molecule has 0 aliphatic heterocycles. The summed E-state index contributed by atoms with van der Waals surface area (Å²) < 4.78 is 7.18. The fraction of sp³-hybridized carbons (Fsp3) is 0.263. The van der Waals surface area contributed by atoms with E-state index in [1.54, 1.807) is 30.2 Å². The second-order valence-corrected chi connectivity index (χ2v) is 6.41. The van der Waals surface area contributed by atoms with Crippen molar-refractivity contribution in [2.24, 2.45) is 12.8 Å². The van der Waals surface area contributed by atoms with Crippen molar-refractivity contribution >= 4 is 29.0 Å². The van der Waals surface area contributed by atoms with Gasteiger partial charge in [0, 0.05) is 33.1 Å². The van der Waals surface area contributed by atoms with Crippen LogP contribution in [0.1, 0.15) is 16.9 Å². The molecule has 2 heterocycles. The number of methoxy groups -OCH3 is 1. The molecule has 0 bridgehead atoms. The van der Waals surface area contributed by atoms with Crippen molar-refractivity contribution < 1.29 is 14.3 Å². The number of nitrogens with zero attached hydrogens (tertiary/aromatic N) is 5. The van der Waals surface area contributed by atoms with Crippen molar-refractivity contribution in [1.29, 1.82) is 0 Å². The highest BCUT2D eigenvalue weighted by Crippen LogP contribution is 2.37. The van der Waals surface area contributed by atoms with Gasteiger partial charge in [-0.15, -0.1) is 10.2 Å². The molecule has 0 radical (unpaired) electrons. The summed E-state index contributed by atoms with van der Waals surface area (Å²) in [7, 11) is 4.78. The number of hydrogen-bond acceptors (Lipinski definition) is 9. The Bertz CT molecular complexity index is 1100. The van der Waals surface area contributed by atoms with Crippen LogP contribution >= 0.6 is 0 Å². The standard InChI is InChI=1S/C19H23N9O3/c1-21-19(30)16-13(9-14(25-26-16)24-15(29)7-8-20)23-12-6-4-5-11(17(12)31-3)18-22-10-28(2)27-18/h4-6,9-10H,7-8,20H2,1-3H3,(H,21,30)(H2,23,24,25,29). The molecule has 0 saturated carbocycles. The molecule has 12 nitrogen and oxygen atoms in total. The van der Waals surface area contributed by atoms with E-state index >= 15 is 0 Å². The Morgan fingerprint density at radius 1 is 1.23 bits per heavy atom. The average molecular weight is 425 g/mol. The minimum atomic E-state index is -0.448. The molecule has 0 spiro atoms. The molecule has 0 atom stereocenters. The van der Waals surface area contributed by atoms with Gasteiger partial charge in [0.25, 0.3) is 5.91 Å². The number of ether oxygens (including phenoxy) is 1. The first-order valence-electron chi connectivity index (χ1n) is 9.36. The van der Waals surface area contributed by atoms with Gasteiger partial charge in [0.05, 0.1) is 24.0 Å². The molecule has 0 fully saturated rings. The van der Waals surface area contributed by atoms with Gasteiger partial charge in [-0.3, -0.25) is 14.3 Å². The number of rotatable bonds is 8. The number of anilines is 3. The lowest BCUT2D eigenvalue weighted by atomic mass is 10.1. The van der Waals surface area contributed by atoms with Crippen LogP contribution in [-0.4, -0.2) is 57.5 Å². The zero-order chi connectivity index (χ0) is 22.4. The van der Waals surface area contributed by atoms with Gasteiger partial charge in [0.2, 0.25) is 5.91 Å². The van der Waals surface area contributed by atoms with Gasteiger partial charge in [-0.2, -0.15) is 5.10 Å². The van der Waals surface area contributed by atoms with E-state index in [9.17, 15) is 9.59 Å². The fourth-order valence-corrected chi connectivity index (χ4v) is 2.81. The number of aryl methyl sites for hydroxylation is 1. The average Bonchev–Trinajstić information content (AvgIpc) is 3.19. The lowest BCUT2D eigenvalue weighted by molar-refractivity contribution is -0.116. The predicted molar refractivity (Wildman–Crippen MR) is 114 cm³/mol. The Hall–Kier alpha value is -4.06. The minimum Gasteiger partial charge on any atom is -0.494 e. The van der Waals surface area contributed by atoms with Crippen molar-refractivity contribution in [1.82, 2.24) is 30.3 Å². The van der Waals surface area contributed by atoms with Crippen LogP contribution < -0.4 is 26.4 Å². The first-order chi connectivity index (χ1) is 15.0. The van der Waals surface area contributed by atoms with Gasteiger partial charge in [0.1, 0.15) is 6.33 Å². The quantitative estimate of drug-likeness (QED) is 0.406. The maximum atomic E-state index is 12.3. The first-order valence-corrected chi connectivity index (χ1v) is 9.36. The highest BCUT2D eigenvalue weighted by molar-refractivity contribution is 5.99. The zero-order valence-electron chi connectivity index (χ0n) is 17.3. The molecular weight excluding hydrogens is 402 g/mol. The number of nitrogens with two attached hydrogens (primary N) is 1. The van der Waals surface area contributed by atoms with Gasteiger partial charge in [-0.1, -0.05) is 6.07 Å². The number of para-hydroxylation sites is 1. The molecule has 162 valence electrons. The highest BCUT2D eigenvalue weighted by atomic mass is 16.5. The molecule has 2 amide bonds. The van der Waals surface area contributed by atoms with Gasteiger partial charge in [-0.25, -0.2) is 4.98 Å². The second kappa shape index (κ2) is 9.63. The van der Waals surface area contributed by atoms with Gasteiger partial charge < -0.3 is 26.4 Å². The van der Waals surface area contributed by atoms with Crippen molar-refractivity contribution in [2.45, 2.75) is 6.42 Å². The van der Waals surface area contributed by atoms with Crippen LogP contribution in [0.25, 0.3) is 11.4 Å². The van der Waals surface area contributed by atoms with Gasteiger partial charge in [0.15, 0.2) is 23.1 Å². The molecule has 5 N–H and O–H groups in total. The summed E-state index contributed by atoms with van der Waals surface area (Å²) in [6.45, 7) is 0.201. The second-order valence-electron chi connectivity index (χ2n) is 6.41. The molecule has 0 unspecified atom stereocenters. The largest absolute Gasteiger partial charge is 0.494 e. The van der Waals surface area contributed by atoms with Crippen LogP contribution in [0.5, 0.6) is 5.75 Å². The normalized spacial score (nSPS) is 10.5. The van der Waals surface area contributed by atoms with Crippen LogP contribution in [-0.2, 0) is 11.8 Å². The summed E-state index contributed by atoms with van der Waals surface area (Å²) in [5.74, 6) is 0.377. The zero-order valence-corrected chi connectivity index (χ0v) is 17.3. The molecule has 0 aliphatic carbocycles. The number of amides is 2. The van der Waals surface area contributed by atoms with Crippen molar-refractivity contribution in [2.75, 3.05) is 31.3 Å². The minimum absolute atomic E-state index is 0.0442. The lowest BCUT2D eigenvalue weighted by Crippen LogP contribution is -2.22. The van der Waals surface area contributed by atoms with E-state index in [1.165, 1.54) is 20.2 Å². The summed E-state index contributed by atoms with van der Waals surface area (Å²) in [6.07, 6.45) is 1.72.